The van der Waals surface area contributed by atoms with Crippen LogP contribution in [0.15, 0.2) is 5.10 Å². The first-order valence-electron chi connectivity index (χ1n) is 6.16. The van der Waals surface area contributed by atoms with Gasteiger partial charge in [0, 0.05) is 12.8 Å². The number of nitrogens with zero attached hydrogens (tertiary/aromatic N) is 2. The molecule has 0 aromatic heterocycles. The molecular weight excluding hydrogens is 236 g/mol. The summed E-state index contributed by atoms with van der Waals surface area (Å²) in [6, 6.07) is 0. The van der Waals surface area contributed by atoms with Crippen LogP contribution in [0.2, 0.25) is 0 Å². The molecule has 0 radical (unpaired) electrons. The molecule has 0 bridgehead atoms. The van der Waals surface area contributed by atoms with Crippen molar-refractivity contribution in [2.75, 3.05) is 6.54 Å². The van der Waals surface area contributed by atoms with Gasteiger partial charge in [-0.15, -0.1) is 0 Å². The van der Waals surface area contributed by atoms with Gasteiger partial charge in [0.1, 0.15) is 5.71 Å². The standard InChI is InChI=1S/C12H18N2O4/c1-12(2)6-5-8(18-12)7-14-10(15)4-3-9(13-14)11(16)17/h8H,3-7H2,1-2H3,(H,16,17). The molecule has 6 nitrogen and oxygen atoms in total. The molecule has 1 fully saturated rings. The fraction of sp³-hybridized carbons (Fsp3) is 0.750. The molecule has 2 heterocycles. The fourth-order valence-corrected chi connectivity index (χ4v) is 2.30. The second-order valence-corrected chi connectivity index (χ2v) is 5.37. The van der Waals surface area contributed by atoms with Gasteiger partial charge in [0.25, 0.3) is 0 Å². The van der Waals surface area contributed by atoms with Gasteiger partial charge in [-0.1, -0.05) is 0 Å². The fourth-order valence-electron chi connectivity index (χ4n) is 2.30. The molecular formula is C12H18N2O4. The van der Waals surface area contributed by atoms with Gasteiger partial charge in [0.05, 0.1) is 18.2 Å². The van der Waals surface area contributed by atoms with Gasteiger partial charge < -0.3 is 9.84 Å². The van der Waals surface area contributed by atoms with Crippen LogP contribution in [-0.4, -0.2) is 46.0 Å². The molecule has 0 aromatic rings. The lowest BCUT2D eigenvalue weighted by atomic mass is 10.1. The van der Waals surface area contributed by atoms with Crippen LogP contribution >= 0.6 is 0 Å². The van der Waals surface area contributed by atoms with E-state index in [9.17, 15) is 9.59 Å². The molecule has 0 aromatic carbocycles. The van der Waals surface area contributed by atoms with Crippen molar-refractivity contribution in [3.8, 4) is 0 Å². The average molecular weight is 254 g/mol. The number of hydrazone groups is 1. The maximum Gasteiger partial charge on any atom is 0.352 e. The van der Waals surface area contributed by atoms with Crippen molar-refractivity contribution in [2.45, 2.75) is 51.2 Å². The molecule has 18 heavy (non-hydrogen) atoms. The van der Waals surface area contributed by atoms with E-state index in [1.807, 2.05) is 13.8 Å². The van der Waals surface area contributed by atoms with E-state index < -0.39 is 5.97 Å². The Kier molecular flexibility index (Phi) is 3.38. The van der Waals surface area contributed by atoms with Gasteiger partial charge in [0.2, 0.25) is 5.91 Å². The highest BCUT2D eigenvalue weighted by Gasteiger charge is 2.34. The first-order valence-corrected chi connectivity index (χ1v) is 6.16. The minimum Gasteiger partial charge on any atom is -0.477 e. The lowest BCUT2D eigenvalue weighted by Crippen LogP contribution is -2.39. The van der Waals surface area contributed by atoms with E-state index in [1.54, 1.807) is 0 Å². The van der Waals surface area contributed by atoms with Gasteiger partial charge in [-0.2, -0.15) is 5.10 Å². The predicted octanol–water partition coefficient (Wildman–Crippen LogP) is 1.01. The molecule has 1 N–H and O–H groups in total. The summed E-state index contributed by atoms with van der Waals surface area (Å²) in [5.41, 5.74) is -0.116. The number of rotatable bonds is 3. The summed E-state index contributed by atoms with van der Waals surface area (Å²) in [6.07, 6.45) is 2.17. The molecule has 100 valence electrons. The van der Waals surface area contributed by atoms with Gasteiger partial charge in [-0.3, -0.25) is 4.79 Å². The Balaban J connectivity index is 2.01. The number of aliphatic carboxylic acids is 1. The number of carboxylic acids is 1. The zero-order valence-electron chi connectivity index (χ0n) is 10.7. The molecule has 1 atom stereocenters. The zero-order valence-corrected chi connectivity index (χ0v) is 10.7. The maximum absolute atomic E-state index is 11.7. The number of amides is 1. The largest absolute Gasteiger partial charge is 0.477 e. The van der Waals surface area contributed by atoms with E-state index >= 15 is 0 Å². The molecule has 0 aliphatic carbocycles. The Bertz CT molecular complexity index is 403. The van der Waals surface area contributed by atoms with E-state index in [2.05, 4.69) is 5.10 Å². The summed E-state index contributed by atoms with van der Waals surface area (Å²) < 4.78 is 5.78. The minimum absolute atomic E-state index is 0.0480. The van der Waals surface area contributed by atoms with Crippen molar-refractivity contribution >= 4 is 17.6 Å². The van der Waals surface area contributed by atoms with Gasteiger partial charge in [-0.25, -0.2) is 9.80 Å². The number of hydrogen-bond donors (Lipinski definition) is 1. The third kappa shape index (κ3) is 2.87. The highest BCUT2D eigenvalue weighted by molar-refractivity contribution is 6.36. The van der Waals surface area contributed by atoms with E-state index in [1.165, 1.54) is 5.01 Å². The highest BCUT2D eigenvalue weighted by Crippen LogP contribution is 2.30. The van der Waals surface area contributed by atoms with Crippen molar-refractivity contribution < 1.29 is 19.4 Å². The van der Waals surface area contributed by atoms with Crippen molar-refractivity contribution in [3.05, 3.63) is 0 Å². The van der Waals surface area contributed by atoms with Crippen LogP contribution in [0.1, 0.15) is 39.5 Å². The zero-order chi connectivity index (χ0) is 13.3. The predicted molar refractivity (Wildman–Crippen MR) is 64.2 cm³/mol. The average Bonchev–Trinajstić information content (AvgIpc) is 2.61. The molecule has 6 heteroatoms. The topological polar surface area (TPSA) is 79.2 Å². The van der Waals surface area contributed by atoms with Crippen LogP contribution in [0.4, 0.5) is 0 Å². The Labute approximate surface area is 106 Å². The third-order valence-electron chi connectivity index (χ3n) is 3.28. The maximum atomic E-state index is 11.7. The Morgan fingerprint density at radius 3 is 2.83 bits per heavy atom. The first kappa shape index (κ1) is 13.0. The van der Waals surface area contributed by atoms with Crippen LogP contribution in [-0.2, 0) is 14.3 Å². The second-order valence-electron chi connectivity index (χ2n) is 5.37. The third-order valence-corrected chi connectivity index (χ3v) is 3.28. The Morgan fingerprint density at radius 2 is 2.28 bits per heavy atom. The molecule has 1 saturated heterocycles. The van der Waals surface area contributed by atoms with Crippen LogP contribution in [0.5, 0.6) is 0 Å². The first-order chi connectivity index (χ1) is 8.37. The van der Waals surface area contributed by atoms with Crippen molar-refractivity contribution in [3.63, 3.8) is 0 Å². The van der Waals surface area contributed by atoms with Gasteiger partial charge >= 0.3 is 5.97 Å². The minimum atomic E-state index is -1.06. The summed E-state index contributed by atoms with van der Waals surface area (Å²) >= 11 is 0. The second kappa shape index (κ2) is 4.68. The van der Waals surface area contributed by atoms with Crippen molar-refractivity contribution in [1.29, 1.82) is 0 Å². The van der Waals surface area contributed by atoms with Crippen LogP contribution in [0.3, 0.4) is 0 Å². The summed E-state index contributed by atoms with van der Waals surface area (Å²) in [6.45, 7) is 4.37. The summed E-state index contributed by atoms with van der Waals surface area (Å²) in [4.78, 5) is 22.5. The molecule has 0 spiro atoms. The SMILES string of the molecule is CC1(C)CCC(CN2N=C(C(=O)O)CCC2=O)O1. The molecule has 2 aliphatic heterocycles. The van der Waals surface area contributed by atoms with E-state index in [4.69, 9.17) is 9.84 Å². The van der Waals surface area contributed by atoms with E-state index in [0.717, 1.165) is 12.8 Å². The smallest absolute Gasteiger partial charge is 0.352 e. The molecule has 1 amide bonds. The molecule has 2 aliphatic rings. The number of ether oxygens (including phenoxy) is 1. The number of hydrogen-bond acceptors (Lipinski definition) is 4. The van der Waals surface area contributed by atoms with E-state index in [-0.39, 0.29) is 36.2 Å². The van der Waals surface area contributed by atoms with Gasteiger partial charge in [-0.05, 0) is 26.7 Å². The molecule has 2 rings (SSSR count). The quantitative estimate of drug-likeness (QED) is 0.815. The number of carboxylic acid groups (broad SMARTS) is 1. The summed E-state index contributed by atoms with van der Waals surface area (Å²) in [5.74, 6) is -1.19. The lowest BCUT2D eigenvalue weighted by molar-refractivity contribution is -0.135. The van der Waals surface area contributed by atoms with Crippen LogP contribution in [0, 0.1) is 0 Å². The normalized spacial score (nSPS) is 27.2. The monoisotopic (exact) mass is 254 g/mol. The van der Waals surface area contributed by atoms with Crippen LogP contribution in [0.25, 0.3) is 0 Å². The van der Waals surface area contributed by atoms with Crippen molar-refractivity contribution in [2.24, 2.45) is 5.10 Å². The number of carbonyl (C=O) groups is 2. The molecule has 1 unspecified atom stereocenters. The highest BCUT2D eigenvalue weighted by atomic mass is 16.5. The van der Waals surface area contributed by atoms with E-state index in [0.29, 0.717) is 6.54 Å². The van der Waals surface area contributed by atoms with Crippen molar-refractivity contribution in [1.82, 2.24) is 5.01 Å². The lowest BCUT2D eigenvalue weighted by Gasteiger charge is -2.26. The Hall–Kier alpha value is -1.43. The number of carbonyl (C=O) groups excluding carboxylic acids is 1. The summed E-state index contributed by atoms with van der Waals surface area (Å²) in [5, 5.41) is 14.0. The summed E-state index contributed by atoms with van der Waals surface area (Å²) in [7, 11) is 0. The molecule has 0 saturated carbocycles. The Morgan fingerprint density at radius 1 is 1.56 bits per heavy atom. The van der Waals surface area contributed by atoms with Crippen LogP contribution < -0.4 is 0 Å². The van der Waals surface area contributed by atoms with Gasteiger partial charge in [0.15, 0.2) is 0 Å².